The van der Waals surface area contributed by atoms with E-state index in [9.17, 15) is 9.90 Å². The molecule has 0 aromatic rings. The van der Waals surface area contributed by atoms with E-state index < -0.39 is 11.5 Å². The number of carboxylic acids is 1. The lowest BCUT2D eigenvalue weighted by Crippen LogP contribution is -2.55. The molecule has 3 heteroatoms. The van der Waals surface area contributed by atoms with Crippen LogP contribution in [0, 0.1) is 5.92 Å². The van der Waals surface area contributed by atoms with Gasteiger partial charge in [0.2, 0.25) is 0 Å². The molecule has 0 bridgehead atoms. The molecular weight excluding hydrogens is 190 g/mol. The van der Waals surface area contributed by atoms with Crippen LogP contribution in [0.4, 0.5) is 0 Å². The van der Waals surface area contributed by atoms with E-state index in [0.29, 0.717) is 12.0 Å². The van der Waals surface area contributed by atoms with Gasteiger partial charge in [0.1, 0.15) is 5.54 Å². The molecule has 1 saturated carbocycles. The van der Waals surface area contributed by atoms with Crippen LogP contribution in [0.1, 0.15) is 52.9 Å². The van der Waals surface area contributed by atoms with Gasteiger partial charge in [0.05, 0.1) is 0 Å². The molecule has 0 amide bonds. The van der Waals surface area contributed by atoms with E-state index in [1.165, 1.54) is 6.42 Å². The zero-order chi connectivity index (χ0) is 11.5. The molecule has 3 nitrogen and oxygen atoms in total. The van der Waals surface area contributed by atoms with Crippen molar-refractivity contribution in [1.82, 2.24) is 5.32 Å². The van der Waals surface area contributed by atoms with Crippen molar-refractivity contribution in [2.75, 3.05) is 0 Å². The molecule has 1 fully saturated rings. The summed E-state index contributed by atoms with van der Waals surface area (Å²) in [6, 6.07) is 0.429. The first-order chi connectivity index (χ1) is 6.94. The molecule has 1 atom stereocenters. The maximum absolute atomic E-state index is 11.2. The van der Waals surface area contributed by atoms with Crippen molar-refractivity contribution < 1.29 is 9.90 Å². The zero-order valence-electron chi connectivity index (χ0n) is 10.0. The number of carboxylic acid groups (broad SMARTS) is 1. The summed E-state index contributed by atoms with van der Waals surface area (Å²) in [7, 11) is 0. The number of hydrogen-bond acceptors (Lipinski definition) is 2. The third-order valence-electron chi connectivity index (χ3n) is 3.32. The highest BCUT2D eigenvalue weighted by Gasteiger charge is 2.36. The van der Waals surface area contributed by atoms with E-state index in [1.807, 2.05) is 6.92 Å². The number of aliphatic carboxylic acids is 1. The summed E-state index contributed by atoms with van der Waals surface area (Å²) < 4.78 is 0. The molecule has 0 aromatic carbocycles. The zero-order valence-corrected chi connectivity index (χ0v) is 10.0. The second kappa shape index (κ2) is 4.97. The lowest BCUT2D eigenvalue weighted by molar-refractivity contribution is -0.145. The third-order valence-corrected chi connectivity index (χ3v) is 3.32. The van der Waals surface area contributed by atoms with Gasteiger partial charge in [-0.1, -0.05) is 20.3 Å². The Bertz CT molecular complexity index is 224. The van der Waals surface area contributed by atoms with Gasteiger partial charge in [0.25, 0.3) is 0 Å². The Labute approximate surface area is 92.3 Å². The van der Waals surface area contributed by atoms with Crippen LogP contribution in [0.5, 0.6) is 0 Å². The first-order valence-corrected chi connectivity index (χ1v) is 5.95. The standard InChI is InChI=1S/C12H23NO2/c1-9(2)7-8-12(3,11(14)15)13-10-5-4-6-10/h9-10,13H,4-8H2,1-3H3,(H,14,15). The first kappa shape index (κ1) is 12.5. The van der Waals surface area contributed by atoms with Crippen LogP contribution in [0.25, 0.3) is 0 Å². The maximum atomic E-state index is 11.2. The predicted octanol–water partition coefficient (Wildman–Crippen LogP) is 2.41. The van der Waals surface area contributed by atoms with E-state index in [1.54, 1.807) is 0 Å². The van der Waals surface area contributed by atoms with Crippen molar-refractivity contribution in [2.24, 2.45) is 5.92 Å². The van der Waals surface area contributed by atoms with Gasteiger partial charge in [-0.05, 0) is 38.5 Å². The largest absolute Gasteiger partial charge is 0.480 e. The van der Waals surface area contributed by atoms with Gasteiger partial charge in [-0.15, -0.1) is 0 Å². The Hall–Kier alpha value is -0.570. The van der Waals surface area contributed by atoms with Gasteiger partial charge in [-0.3, -0.25) is 10.1 Å². The second-order valence-corrected chi connectivity index (χ2v) is 5.34. The summed E-state index contributed by atoms with van der Waals surface area (Å²) in [6.07, 6.45) is 5.17. The average Bonchev–Trinajstić information content (AvgIpc) is 2.08. The predicted molar refractivity (Wildman–Crippen MR) is 60.9 cm³/mol. The molecule has 0 aliphatic heterocycles. The van der Waals surface area contributed by atoms with Crippen LogP contribution in [0.2, 0.25) is 0 Å². The highest BCUT2D eigenvalue weighted by Crippen LogP contribution is 2.24. The van der Waals surface area contributed by atoms with Gasteiger partial charge in [0.15, 0.2) is 0 Å². The van der Waals surface area contributed by atoms with Crippen LogP contribution in [0.3, 0.4) is 0 Å². The number of hydrogen-bond donors (Lipinski definition) is 2. The number of rotatable bonds is 6. The summed E-state index contributed by atoms with van der Waals surface area (Å²) in [5, 5.41) is 12.5. The Kier molecular flexibility index (Phi) is 4.14. The van der Waals surface area contributed by atoms with Gasteiger partial charge in [-0.2, -0.15) is 0 Å². The van der Waals surface area contributed by atoms with Crippen molar-refractivity contribution >= 4 is 5.97 Å². The van der Waals surface area contributed by atoms with Crippen molar-refractivity contribution in [3.63, 3.8) is 0 Å². The summed E-state index contributed by atoms with van der Waals surface area (Å²) >= 11 is 0. The normalized spacial score (nSPS) is 21.1. The highest BCUT2D eigenvalue weighted by atomic mass is 16.4. The fraction of sp³-hybridized carbons (Fsp3) is 0.917. The molecule has 88 valence electrons. The van der Waals surface area contributed by atoms with Gasteiger partial charge >= 0.3 is 5.97 Å². The summed E-state index contributed by atoms with van der Waals surface area (Å²) in [5.74, 6) is -0.151. The minimum atomic E-state index is -0.727. The van der Waals surface area contributed by atoms with Crippen LogP contribution < -0.4 is 5.32 Å². The number of nitrogens with one attached hydrogen (secondary N) is 1. The van der Waals surface area contributed by atoms with Crippen LogP contribution in [-0.2, 0) is 4.79 Å². The van der Waals surface area contributed by atoms with Gasteiger partial charge in [-0.25, -0.2) is 0 Å². The Morgan fingerprint density at radius 3 is 2.47 bits per heavy atom. The van der Waals surface area contributed by atoms with Crippen molar-refractivity contribution in [3.05, 3.63) is 0 Å². The van der Waals surface area contributed by atoms with Gasteiger partial charge < -0.3 is 5.11 Å². The first-order valence-electron chi connectivity index (χ1n) is 5.95. The molecule has 15 heavy (non-hydrogen) atoms. The molecule has 0 radical (unpaired) electrons. The molecule has 1 aliphatic rings. The molecule has 1 aliphatic carbocycles. The lowest BCUT2D eigenvalue weighted by atomic mass is 9.86. The van der Waals surface area contributed by atoms with E-state index in [4.69, 9.17) is 0 Å². The number of carbonyl (C=O) groups is 1. The molecule has 1 unspecified atom stereocenters. The van der Waals surface area contributed by atoms with Crippen LogP contribution >= 0.6 is 0 Å². The van der Waals surface area contributed by atoms with Crippen molar-refractivity contribution in [3.8, 4) is 0 Å². The molecule has 0 saturated heterocycles. The topological polar surface area (TPSA) is 49.3 Å². The van der Waals surface area contributed by atoms with Crippen molar-refractivity contribution in [1.29, 1.82) is 0 Å². The third kappa shape index (κ3) is 3.49. The molecular formula is C12H23NO2. The van der Waals surface area contributed by atoms with E-state index in [0.717, 1.165) is 25.7 Å². The Morgan fingerprint density at radius 1 is 1.53 bits per heavy atom. The molecule has 0 aromatic heterocycles. The molecule has 0 spiro atoms. The average molecular weight is 213 g/mol. The Balaban J connectivity index is 2.48. The smallest absolute Gasteiger partial charge is 0.323 e. The summed E-state index contributed by atoms with van der Waals surface area (Å²) in [5.41, 5.74) is -0.727. The molecule has 2 N–H and O–H groups in total. The second-order valence-electron chi connectivity index (χ2n) is 5.34. The molecule has 0 heterocycles. The lowest BCUT2D eigenvalue weighted by Gasteiger charge is -2.36. The minimum absolute atomic E-state index is 0.429. The van der Waals surface area contributed by atoms with E-state index >= 15 is 0 Å². The quantitative estimate of drug-likeness (QED) is 0.712. The summed E-state index contributed by atoms with van der Waals surface area (Å²) in [6.45, 7) is 6.08. The van der Waals surface area contributed by atoms with E-state index in [2.05, 4.69) is 19.2 Å². The highest BCUT2D eigenvalue weighted by molar-refractivity contribution is 5.78. The molecule has 1 rings (SSSR count). The van der Waals surface area contributed by atoms with Gasteiger partial charge in [0, 0.05) is 6.04 Å². The maximum Gasteiger partial charge on any atom is 0.323 e. The minimum Gasteiger partial charge on any atom is -0.480 e. The SMILES string of the molecule is CC(C)CCC(C)(NC1CCC1)C(=O)O. The summed E-state index contributed by atoms with van der Waals surface area (Å²) in [4.78, 5) is 11.2. The van der Waals surface area contributed by atoms with E-state index in [-0.39, 0.29) is 0 Å². The Morgan fingerprint density at radius 2 is 2.13 bits per heavy atom. The fourth-order valence-corrected chi connectivity index (χ4v) is 1.82. The fourth-order valence-electron chi connectivity index (χ4n) is 1.82. The van der Waals surface area contributed by atoms with Crippen LogP contribution in [-0.4, -0.2) is 22.7 Å². The monoisotopic (exact) mass is 213 g/mol. The van der Waals surface area contributed by atoms with Crippen LogP contribution in [0.15, 0.2) is 0 Å². The van der Waals surface area contributed by atoms with Crippen molar-refractivity contribution in [2.45, 2.75) is 64.5 Å².